The average molecular weight is 322 g/mol. The van der Waals surface area contributed by atoms with Crippen LogP contribution < -0.4 is 5.32 Å². The summed E-state index contributed by atoms with van der Waals surface area (Å²) < 4.78 is 6.82. The van der Waals surface area contributed by atoms with E-state index in [2.05, 4.69) is 53.3 Å². The van der Waals surface area contributed by atoms with E-state index in [9.17, 15) is 0 Å². The van der Waals surface area contributed by atoms with Crippen LogP contribution in [0.2, 0.25) is 0 Å². The molecule has 3 heteroatoms. The fourth-order valence-electron chi connectivity index (χ4n) is 2.53. The molecule has 1 N–H and O–H groups in total. The molecule has 0 aliphatic carbocycles. The third kappa shape index (κ3) is 2.77. The summed E-state index contributed by atoms with van der Waals surface area (Å²) in [5.74, 6) is 1.94. The Kier molecular flexibility index (Phi) is 4.16. The summed E-state index contributed by atoms with van der Waals surface area (Å²) in [6.07, 6.45) is 0. The number of furan rings is 1. The first-order chi connectivity index (χ1) is 8.93. The molecule has 0 bridgehead atoms. The first-order valence-corrected chi connectivity index (χ1v) is 7.24. The second-order valence-electron chi connectivity index (χ2n) is 5.05. The normalized spacial score (nSPS) is 12.7. The molecule has 2 aromatic rings. The number of rotatable bonds is 3. The lowest BCUT2D eigenvalue weighted by Gasteiger charge is -2.20. The summed E-state index contributed by atoms with van der Waals surface area (Å²) in [5.41, 5.74) is 5.03. The maximum Gasteiger partial charge on any atom is 0.106 e. The maximum absolute atomic E-state index is 5.66. The van der Waals surface area contributed by atoms with Crippen molar-refractivity contribution in [3.63, 3.8) is 0 Å². The van der Waals surface area contributed by atoms with Crippen molar-refractivity contribution in [2.24, 2.45) is 0 Å². The van der Waals surface area contributed by atoms with Gasteiger partial charge in [0.05, 0.1) is 6.04 Å². The Morgan fingerprint density at radius 1 is 1.00 bits per heavy atom. The largest absolute Gasteiger partial charge is 0.466 e. The molecule has 0 spiro atoms. The monoisotopic (exact) mass is 321 g/mol. The van der Waals surface area contributed by atoms with Gasteiger partial charge in [-0.15, -0.1) is 0 Å². The van der Waals surface area contributed by atoms with E-state index >= 15 is 0 Å². The van der Waals surface area contributed by atoms with Gasteiger partial charge in [-0.05, 0) is 63.6 Å². The quantitative estimate of drug-likeness (QED) is 0.894. The molecule has 2 rings (SSSR count). The summed E-state index contributed by atoms with van der Waals surface area (Å²) in [4.78, 5) is 0. The van der Waals surface area contributed by atoms with Gasteiger partial charge in [-0.25, -0.2) is 0 Å². The molecule has 1 aromatic heterocycles. The Hall–Kier alpha value is -1.06. The molecule has 1 aromatic carbocycles. The number of halogens is 1. The predicted molar refractivity (Wildman–Crippen MR) is 82.7 cm³/mol. The third-order valence-electron chi connectivity index (χ3n) is 3.54. The van der Waals surface area contributed by atoms with Gasteiger partial charge < -0.3 is 9.73 Å². The summed E-state index contributed by atoms with van der Waals surface area (Å²) >= 11 is 3.59. The van der Waals surface area contributed by atoms with Crippen molar-refractivity contribution in [1.29, 1.82) is 0 Å². The molecule has 0 radical (unpaired) electrons. The zero-order chi connectivity index (χ0) is 14.2. The van der Waals surface area contributed by atoms with Crippen LogP contribution in [-0.2, 0) is 0 Å². The molecular formula is C16H20BrNO. The Balaban J connectivity index is 2.54. The second-order valence-corrected chi connectivity index (χ2v) is 5.90. The van der Waals surface area contributed by atoms with E-state index in [1.165, 1.54) is 22.3 Å². The van der Waals surface area contributed by atoms with Crippen molar-refractivity contribution in [3.8, 4) is 0 Å². The highest BCUT2D eigenvalue weighted by molar-refractivity contribution is 9.10. The van der Waals surface area contributed by atoms with Crippen LogP contribution in [-0.4, -0.2) is 7.05 Å². The topological polar surface area (TPSA) is 25.2 Å². The minimum Gasteiger partial charge on any atom is -0.466 e. The van der Waals surface area contributed by atoms with Crippen LogP contribution >= 0.6 is 15.9 Å². The summed E-state index contributed by atoms with van der Waals surface area (Å²) in [6, 6.07) is 6.71. The average Bonchev–Trinajstić information content (AvgIpc) is 2.66. The molecule has 0 fully saturated rings. The number of aryl methyl sites for hydroxylation is 4. The molecule has 1 unspecified atom stereocenters. The molecule has 0 saturated heterocycles. The molecule has 2 nitrogen and oxygen atoms in total. The van der Waals surface area contributed by atoms with Crippen molar-refractivity contribution < 1.29 is 4.42 Å². The van der Waals surface area contributed by atoms with Gasteiger partial charge in [0.2, 0.25) is 0 Å². The van der Waals surface area contributed by atoms with Crippen molar-refractivity contribution in [2.75, 3.05) is 7.05 Å². The predicted octanol–water partition coefficient (Wildman–Crippen LogP) is 4.58. The van der Waals surface area contributed by atoms with E-state index in [4.69, 9.17) is 4.42 Å². The first-order valence-electron chi connectivity index (χ1n) is 6.45. The van der Waals surface area contributed by atoms with E-state index in [0.717, 1.165) is 16.0 Å². The summed E-state index contributed by atoms with van der Waals surface area (Å²) in [6.45, 7) is 8.27. The molecule has 0 saturated carbocycles. The molecule has 1 heterocycles. The molecule has 0 aliphatic rings. The Morgan fingerprint density at radius 2 is 1.68 bits per heavy atom. The van der Waals surface area contributed by atoms with E-state index in [-0.39, 0.29) is 6.04 Å². The van der Waals surface area contributed by atoms with Gasteiger partial charge in [0.25, 0.3) is 0 Å². The van der Waals surface area contributed by atoms with Crippen LogP contribution in [0, 0.1) is 27.7 Å². The summed E-state index contributed by atoms with van der Waals surface area (Å²) in [7, 11) is 1.99. The Morgan fingerprint density at radius 3 is 2.21 bits per heavy atom. The first kappa shape index (κ1) is 14.4. The highest BCUT2D eigenvalue weighted by atomic mass is 79.9. The Labute approximate surface area is 123 Å². The van der Waals surface area contributed by atoms with Crippen LogP contribution in [0.15, 0.2) is 27.1 Å². The smallest absolute Gasteiger partial charge is 0.106 e. The fourth-order valence-corrected chi connectivity index (χ4v) is 2.99. The van der Waals surface area contributed by atoms with E-state index in [1.54, 1.807) is 0 Å². The number of hydrogen-bond acceptors (Lipinski definition) is 2. The third-order valence-corrected chi connectivity index (χ3v) is 4.39. The zero-order valence-electron chi connectivity index (χ0n) is 12.1. The van der Waals surface area contributed by atoms with Gasteiger partial charge in [-0.1, -0.05) is 22.0 Å². The van der Waals surface area contributed by atoms with E-state index in [0.29, 0.717) is 0 Å². The number of hydrogen-bond donors (Lipinski definition) is 1. The fraction of sp³-hybridized carbons (Fsp3) is 0.375. The van der Waals surface area contributed by atoms with E-state index < -0.39 is 0 Å². The van der Waals surface area contributed by atoms with Crippen molar-refractivity contribution in [3.05, 3.63) is 56.4 Å². The second kappa shape index (κ2) is 5.51. The Bertz CT molecular complexity index is 601. The van der Waals surface area contributed by atoms with Crippen LogP contribution in [0.3, 0.4) is 0 Å². The van der Waals surface area contributed by atoms with Gasteiger partial charge in [0.1, 0.15) is 11.5 Å². The van der Waals surface area contributed by atoms with Crippen molar-refractivity contribution in [1.82, 2.24) is 5.32 Å². The lowest BCUT2D eigenvalue weighted by atomic mass is 9.94. The lowest BCUT2D eigenvalue weighted by molar-refractivity contribution is 0.496. The van der Waals surface area contributed by atoms with Gasteiger partial charge in [0.15, 0.2) is 0 Å². The minimum absolute atomic E-state index is 0.171. The SMILES string of the molecule is CNC(c1cc(C)c(Br)cc1C)c1cc(C)oc1C. The van der Waals surface area contributed by atoms with Crippen LogP contribution in [0.5, 0.6) is 0 Å². The highest BCUT2D eigenvalue weighted by Crippen LogP contribution is 2.31. The van der Waals surface area contributed by atoms with Crippen molar-refractivity contribution in [2.45, 2.75) is 33.7 Å². The van der Waals surface area contributed by atoms with Crippen LogP contribution in [0.1, 0.15) is 39.8 Å². The summed E-state index contributed by atoms with van der Waals surface area (Å²) in [5, 5.41) is 3.40. The molecular weight excluding hydrogens is 302 g/mol. The minimum atomic E-state index is 0.171. The highest BCUT2D eigenvalue weighted by Gasteiger charge is 2.19. The number of benzene rings is 1. The van der Waals surface area contributed by atoms with Crippen LogP contribution in [0.4, 0.5) is 0 Å². The van der Waals surface area contributed by atoms with Crippen molar-refractivity contribution >= 4 is 15.9 Å². The molecule has 19 heavy (non-hydrogen) atoms. The molecule has 1 atom stereocenters. The standard InChI is InChI=1S/C16H20BrNO/c1-9-7-15(17)10(2)6-13(9)16(18-5)14-8-11(3)19-12(14)4/h6-8,16,18H,1-5H3. The van der Waals surface area contributed by atoms with Gasteiger partial charge >= 0.3 is 0 Å². The van der Waals surface area contributed by atoms with Gasteiger partial charge in [-0.3, -0.25) is 0 Å². The van der Waals surface area contributed by atoms with Gasteiger partial charge in [0, 0.05) is 10.0 Å². The van der Waals surface area contributed by atoms with Crippen LogP contribution in [0.25, 0.3) is 0 Å². The van der Waals surface area contributed by atoms with Gasteiger partial charge in [-0.2, -0.15) is 0 Å². The number of nitrogens with one attached hydrogen (secondary N) is 1. The maximum atomic E-state index is 5.66. The van der Waals surface area contributed by atoms with E-state index in [1.807, 2.05) is 20.9 Å². The zero-order valence-corrected chi connectivity index (χ0v) is 13.7. The molecule has 0 aliphatic heterocycles. The molecule has 102 valence electrons. The lowest BCUT2D eigenvalue weighted by Crippen LogP contribution is -2.19. The molecule has 0 amide bonds.